The van der Waals surface area contributed by atoms with Crippen molar-refractivity contribution in [1.29, 1.82) is 0 Å². The minimum atomic E-state index is -0.987. The van der Waals surface area contributed by atoms with Crippen molar-refractivity contribution in [3.05, 3.63) is 105 Å². The van der Waals surface area contributed by atoms with Crippen molar-refractivity contribution in [2.24, 2.45) is 0 Å². The number of nitrogens with one attached hydrogen (secondary N) is 1. The number of piperidine rings is 1. The van der Waals surface area contributed by atoms with Crippen LogP contribution >= 0.6 is 34.8 Å². The summed E-state index contributed by atoms with van der Waals surface area (Å²) in [5.41, 5.74) is 1.22. The van der Waals surface area contributed by atoms with Crippen molar-refractivity contribution in [3.8, 4) is 17.3 Å². The molecule has 0 spiro atoms. The lowest BCUT2D eigenvalue weighted by molar-refractivity contribution is -0.0213. The van der Waals surface area contributed by atoms with E-state index in [-0.39, 0.29) is 17.6 Å². The van der Waals surface area contributed by atoms with Crippen LogP contribution in [0.5, 0.6) is 11.6 Å². The molecule has 1 aliphatic heterocycles. The molecule has 1 fully saturated rings. The summed E-state index contributed by atoms with van der Waals surface area (Å²) < 4.78 is 7.92. The van der Waals surface area contributed by atoms with E-state index in [0.717, 1.165) is 5.56 Å². The highest BCUT2D eigenvalue weighted by Gasteiger charge is 2.37. The number of ether oxygens (including phenoxy) is 1. The molecule has 10 heteroatoms. The first kappa shape index (κ1) is 29.4. The van der Waals surface area contributed by atoms with Crippen LogP contribution in [0.25, 0.3) is 5.69 Å². The minimum absolute atomic E-state index is 0.139. The van der Waals surface area contributed by atoms with Crippen molar-refractivity contribution < 1.29 is 14.6 Å². The number of halogens is 3. The first-order valence-electron chi connectivity index (χ1n) is 13.5. The zero-order valence-corrected chi connectivity index (χ0v) is 25.0. The second kappa shape index (κ2) is 12.4. The summed E-state index contributed by atoms with van der Waals surface area (Å²) in [5.74, 6) is 0.632. The fraction of sp³-hybridized carbons (Fsp3) is 0.290. The van der Waals surface area contributed by atoms with Crippen LogP contribution in [0.1, 0.15) is 48.3 Å². The van der Waals surface area contributed by atoms with Gasteiger partial charge in [-0.05, 0) is 60.9 Å². The molecule has 214 valence electrons. The maximum Gasteiger partial charge on any atom is 0.274 e. The summed E-state index contributed by atoms with van der Waals surface area (Å²) in [7, 11) is 0. The molecule has 1 aromatic heterocycles. The van der Waals surface area contributed by atoms with E-state index in [9.17, 15) is 9.90 Å². The summed E-state index contributed by atoms with van der Waals surface area (Å²) in [5, 5.41) is 20.9. The van der Waals surface area contributed by atoms with Gasteiger partial charge in [-0.3, -0.25) is 4.79 Å². The lowest BCUT2D eigenvalue weighted by atomic mass is 9.84. The molecule has 0 saturated carbocycles. The van der Waals surface area contributed by atoms with Crippen LogP contribution in [-0.2, 0) is 12.1 Å². The average molecular weight is 614 g/mol. The number of hydrogen-bond donors (Lipinski definition) is 2. The molecular weight excluding hydrogens is 583 g/mol. The number of aliphatic hydroxyl groups is 1. The zero-order valence-electron chi connectivity index (χ0n) is 22.8. The number of hydrogen-bond acceptors (Lipinski definition) is 5. The molecule has 3 aromatic carbocycles. The lowest BCUT2D eigenvalue weighted by Crippen LogP contribution is -2.45. The molecule has 2 heterocycles. The zero-order chi connectivity index (χ0) is 29.1. The maximum absolute atomic E-state index is 14.1. The Bertz CT molecular complexity index is 1520. The topological polar surface area (TPSA) is 79.6 Å². The molecule has 1 saturated heterocycles. The van der Waals surface area contributed by atoms with E-state index in [2.05, 4.69) is 5.32 Å². The number of carbonyl (C=O) groups is 1. The summed E-state index contributed by atoms with van der Waals surface area (Å²) >= 11 is 18.9. The van der Waals surface area contributed by atoms with Gasteiger partial charge in [-0.1, -0.05) is 79.0 Å². The van der Waals surface area contributed by atoms with E-state index in [0.29, 0.717) is 70.4 Å². The van der Waals surface area contributed by atoms with Crippen LogP contribution in [0.2, 0.25) is 15.1 Å². The average Bonchev–Trinajstić information content (AvgIpc) is 3.31. The van der Waals surface area contributed by atoms with Gasteiger partial charge in [-0.2, -0.15) is 9.78 Å². The number of likely N-dealkylation sites (tertiary alicyclic amines) is 1. The molecule has 0 atom stereocenters. The Hall–Kier alpha value is -3.07. The van der Waals surface area contributed by atoms with Crippen molar-refractivity contribution >= 4 is 40.7 Å². The molecule has 5 rings (SSSR count). The third-order valence-corrected chi connectivity index (χ3v) is 7.97. The summed E-state index contributed by atoms with van der Waals surface area (Å²) in [6.45, 7) is 5.13. The Kier molecular flexibility index (Phi) is 8.92. The quantitative estimate of drug-likeness (QED) is 0.219. The number of carbonyl (C=O) groups excluding carboxylic acids is 1. The maximum atomic E-state index is 14.1. The van der Waals surface area contributed by atoms with Crippen molar-refractivity contribution in [2.75, 3.05) is 13.1 Å². The summed E-state index contributed by atoms with van der Waals surface area (Å²) in [4.78, 5) is 15.8. The van der Waals surface area contributed by atoms with Gasteiger partial charge in [0.25, 0.3) is 5.91 Å². The molecule has 1 amide bonds. The highest BCUT2D eigenvalue weighted by atomic mass is 35.5. The third kappa shape index (κ3) is 6.55. The molecule has 0 unspecified atom stereocenters. The number of rotatable bonds is 8. The van der Waals surface area contributed by atoms with E-state index < -0.39 is 5.60 Å². The number of amides is 1. The number of benzene rings is 3. The molecule has 1 aliphatic rings. The van der Waals surface area contributed by atoms with Crippen LogP contribution in [0, 0.1) is 0 Å². The van der Waals surface area contributed by atoms with Gasteiger partial charge in [0.05, 0.1) is 21.9 Å². The van der Waals surface area contributed by atoms with Gasteiger partial charge in [0.1, 0.15) is 5.75 Å². The van der Waals surface area contributed by atoms with E-state index >= 15 is 0 Å². The smallest absolute Gasteiger partial charge is 0.274 e. The molecule has 0 aliphatic carbocycles. The van der Waals surface area contributed by atoms with Gasteiger partial charge in [-0.25, -0.2) is 0 Å². The monoisotopic (exact) mass is 612 g/mol. The standard InChI is InChI=1S/C31H31Cl3N4O3/c1-20(2)35-19-25-28(29(39)37-16-14-31(40,15-17-37)21-6-4-3-5-7-21)36-38(27-13-10-23(33)18-26(27)34)30(25)41-24-11-8-22(32)9-12-24/h3-13,18,20,35,40H,14-17,19H2,1-2H3. The number of aromatic nitrogens is 2. The first-order chi connectivity index (χ1) is 19.6. The van der Waals surface area contributed by atoms with Crippen LogP contribution < -0.4 is 10.1 Å². The van der Waals surface area contributed by atoms with E-state index in [1.807, 2.05) is 44.2 Å². The van der Waals surface area contributed by atoms with Gasteiger partial charge >= 0.3 is 0 Å². The fourth-order valence-electron chi connectivity index (χ4n) is 4.87. The Morgan fingerprint density at radius 2 is 1.66 bits per heavy atom. The third-order valence-electron chi connectivity index (χ3n) is 7.18. The molecule has 7 nitrogen and oxygen atoms in total. The normalized spacial score (nSPS) is 14.9. The van der Waals surface area contributed by atoms with Gasteiger partial charge in [0.2, 0.25) is 5.88 Å². The molecule has 41 heavy (non-hydrogen) atoms. The Morgan fingerprint density at radius 1 is 1.00 bits per heavy atom. The summed E-state index contributed by atoms with van der Waals surface area (Å²) in [6, 6.07) is 21.7. The van der Waals surface area contributed by atoms with Crippen LogP contribution in [0.4, 0.5) is 0 Å². The van der Waals surface area contributed by atoms with Crippen LogP contribution in [0.15, 0.2) is 72.8 Å². The van der Waals surface area contributed by atoms with E-state index in [1.165, 1.54) is 0 Å². The van der Waals surface area contributed by atoms with Crippen molar-refractivity contribution in [3.63, 3.8) is 0 Å². The van der Waals surface area contributed by atoms with Crippen molar-refractivity contribution in [1.82, 2.24) is 20.0 Å². The second-order valence-corrected chi connectivity index (χ2v) is 11.7. The highest BCUT2D eigenvalue weighted by molar-refractivity contribution is 6.35. The predicted molar refractivity (Wildman–Crippen MR) is 163 cm³/mol. The van der Waals surface area contributed by atoms with Crippen LogP contribution in [0.3, 0.4) is 0 Å². The molecular formula is C31H31Cl3N4O3. The highest BCUT2D eigenvalue weighted by Crippen LogP contribution is 2.37. The van der Waals surface area contributed by atoms with E-state index in [1.54, 1.807) is 52.0 Å². The van der Waals surface area contributed by atoms with E-state index in [4.69, 9.17) is 44.6 Å². The Balaban J connectivity index is 1.54. The SMILES string of the molecule is CC(C)NCc1c(C(=O)N2CCC(O)(c3ccccc3)CC2)nn(-c2ccc(Cl)cc2Cl)c1Oc1ccc(Cl)cc1. The summed E-state index contributed by atoms with van der Waals surface area (Å²) in [6.07, 6.45) is 0.834. The fourth-order valence-corrected chi connectivity index (χ4v) is 5.49. The van der Waals surface area contributed by atoms with Crippen molar-refractivity contribution in [2.45, 2.75) is 44.9 Å². The Labute approximate surface area is 254 Å². The molecule has 0 radical (unpaired) electrons. The van der Waals surface area contributed by atoms with Crippen LogP contribution in [-0.4, -0.2) is 44.8 Å². The lowest BCUT2D eigenvalue weighted by Gasteiger charge is -2.38. The molecule has 0 bridgehead atoms. The molecule has 2 N–H and O–H groups in total. The Morgan fingerprint density at radius 3 is 2.29 bits per heavy atom. The second-order valence-electron chi connectivity index (χ2n) is 10.4. The number of nitrogens with zero attached hydrogens (tertiary/aromatic N) is 3. The van der Waals surface area contributed by atoms with Gasteiger partial charge < -0.3 is 20.1 Å². The predicted octanol–water partition coefficient (Wildman–Crippen LogP) is 7.25. The van der Waals surface area contributed by atoms with Gasteiger partial charge in [0.15, 0.2) is 5.69 Å². The van der Waals surface area contributed by atoms with Gasteiger partial charge in [-0.15, -0.1) is 0 Å². The largest absolute Gasteiger partial charge is 0.439 e. The minimum Gasteiger partial charge on any atom is -0.439 e. The first-order valence-corrected chi connectivity index (χ1v) is 14.6. The van der Waals surface area contributed by atoms with Gasteiger partial charge in [0, 0.05) is 35.7 Å². The molecule has 4 aromatic rings.